The third kappa shape index (κ3) is 2.02. The van der Waals surface area contributed by atoms with Crippen molar-refractivity contribution >= 4 is 27.3 Å². The van der Waals surface area contributed by atoms with Crippen molar-refractivity contribution in [1.29, 1.82) is 0 Å². The summed E-state index contributed by atoms with van der Waals surface area (Å²) in [5.74, 6) is 2.28. The van der Waals surface area contributed by atoms with Gasteiger partial charge < -0.3 is 4.90 Å². The van der Waals surface area contributed by atoms with Crippen LogP contribution in [0.1, 0.15) is 30.7 Å². The molecule has 2 fully saturated rings. The maximum atomic E-state index is 12.7. The number of thiophene rings is 1. The number of carbonyl (C=O) groups is 1. The predicted octanol–water partition coefficient (Wildman–Crippen LogP) is 4.12. The Morgan fingerprint density at radius 2 is 2.00 bits per heavy atom. The summed E-state index contributed by atoms with van der Waals surface area (Å²) >= 11 is 1.79. The molecular formula is C18H21NOS. The first-order valence-corrected chi connectivity index (χ1v) is 8.71. The zero-order chi connectivity index (χ0) is 14.6. The molecule has 1 aromatic carbocycles. The van der Waals surface area contributed by atoms with E-state index >= 15 is 0 Å². The molecule has 0 spiro atoms. The van der Waals surface area contributed by atoms with Crippen LogP contribution in [0, 0.1) is 17.8 Å². The summed E-state index contributed by atoms with van der Waals surface area (Å²) in [4.78, 5) is 14.5. The van der Waals surface area contributed by atoms with Crippen molar-refractivity contribution in [2.75, 3.05) is 14.1 Å². The van der Waals surface area contributed by atoms with Crippen LogP contribution in [0.3, 0.4) is 0 Å². The van der Waals surface area contributed by atoms with E-state index in [1.807, 2.05) is 14.1 Å². The minimum Gasteiger partial charge on any atom is -0.349 e. The zero-order valence-electron chi connectivity index (χ0n) is 12.6. The molecule has 0 aliphatic heterocycles. The van der Waals surface area contributed by atoms with Gasteiger partial charge in [0.05, 0.1) is 0 Å². The molecule has 1 aromatic heterocycles. The van der Waals surface area contributed by atoms with E-state index < -0.39 is 0 Å². The lowest BCUT2D eigenvalue weighted by molar-refractivity contribution is -0.135. The number of carbonyl (C=O) groups excluding carboxylic acids is 1. The van der Waals surface area contributed by atoms with Gasteiger partial charge in [0.25, 0.3) is 0 Å². The molecule has 2 nitrogen and oxygen atoms in total. The van der Waals surface area contributed by atoms with Crippen LogP contribution in [-0.4, -0.2) is 24.9 Å². The van der Waals surface area contributed by atoms with E-state index in [-0.39, 0.29) is 5.92 Å². The second-order valence-corrected chi connectivity index (χ2v) is 7.78. The lowest BCUT2D eigenvalue weighted by Crippen LogP contribution is -2.36. The zero-order valence-corrected chi connectivity index (χ0v) is 13.4. The van der Waals surface area contributed by atoms with Gasteiger partial charge in [0, 0.05) is 24.7 Å². The molecule has 2 saturated carbocycles. The molecule has 4 atom stereocenters. The summed E-state index contributed by atoms with van der Waals surface area (Å²) in [5.41, 5.74) is 1.38. The molecule has 2 bridgehead atoms. The first-order valence-electron chi connectivity index (χ1n) is 7.83. The third-order valence-corrected chi connectivity index (χ3v) is 6.40. The minimum absolute atomic E-state index is 0.204. The highest BCUT2D eigenvalue weighted by atomic mass is 32.1. The molecule has 0 saturated heterocycles. The van der Waals surface area contributed by atoms with Gasteiger partial charge in [-0.1, -0.05) is 6.07 Å². The maximum Gasteiger partial charge on any atom is 0.226 e. The van der Waals surface area contributed by atoms with Crippen LogP contribution in [0.2, 0.25) is 0 Å². The molecule has 1 amide bonds. The first kappa shape index (κ1) is 13.3. The van der Waals surface area contributed by atoms with Crippen LogP contribution in [0.25, 0.3) is 10.1 Å². The van der Waals surface area contributed by atoms with Gasteiger partial charge in [-0.25, -0.2) is 0 Å². The highest BCUT2D eigenvalue weighted by Gasteiger charge is 2.51. The van der Waals surface area contributed by atoms with Crippen molar-refractivity contribution in [3.05, 3.63) is 35.2 Å². The molecule has 110 valence electrons. The summed E-state index contributed by atoms with van der Waals surface area (Å²) in [6.45, 7) is 0. The van der Waals surface area contributed by atoms with Gasteiger partial charge in [0.1, 0.15) is 0 Å². The summed E-state index contributed by atoms with van der Waals surface area (Å²) in [6.07, 6.45) is 3.79. The molecule has 0 N–H and O–H groups in total. The second-order valence-electron chi connectivity index (χ2n) is 6.84. The van der Waals surface area contributed by atoms with E-state index in [9.17, 15) is 4.79 Å². The van der Waals surface area contributed by atoms with Gasteiger partial charge in [0.15, 0.2) is 0 Å². The number of amides is 1. The predicted molar refractivity (Wildman–Crippen MR) is 87.6 cm³/mol. The Morgan fingerprint density at radius 1 is 1.19 bits per heavy atom. The van der Waals surface area contributed by atoms with Gasteiger partial charge >= 0.3 is 0 Å². The first-order chi connectivity index (χ1) is 10.1. The quantitative estimate of drug-likeness (QED) is 0.817. The van der Waals surface area contributed by atoms with Gasteiger partial charge in [-0.3, -0.25) is 4.79 Å². The number of benzene rings is 1. The number of hydrogen-bond donors (Lipinski definition) is 0. The summed E-state index contributed by atoms with van der Waals surface area (Å²) in [5, 5.41) is 3.48. The molecular weight excluding hydrogens is 278 g/mol. The van der Waals surface area contributed by atoms with E-state index in [4.69, 9.17) is 0 Å². The molecule has 1 heterocycles. The molecule has 2 aliphatic carbocycles. The van der Waals surface area contributed by atoms with Crippen molar-refractivity contribution in [3.63, 3.8) is 0 Å². The van der Waals surface area contributed by atoms with Crippen molar-refractivity contribution in [2.45, 2.75) is 25.2 Å². The lowest BCUT2D eigenvalue weighted by atomic mass is 9.74. The van der Waals surface area contributed by atoms with Crippen LogP contribution >= 0.6 is 11.3 Å². The van der Waals surface area contributed by atoms with Crippen LogP contribution in [0.5, 0.6) is 0 Å². The summed E-state index contributed by atoms with van der Waals surface area (Å²) in [7, 11) is 3.79. The number of rotatable bonds is 2. The fraction of sp³-hybridized carbons (Fsp3) is 0.500. The Hall–Kier alpha value is -1.35. The lowest BCUT2D eigenvalue weighted by Gasteiger charge is -2.32. The Bertz CT molecular complexity index is 689. The molecule has 2 aromatic rings. The van der Waals surface area contributed by atoms with Gasteiger partial charge in [0.2, 0.25) is 5.91 Å². The Labute approximate surface area is 129 Å². The van der Waals surface area contributed by atoms with Gasteiger partial charge in [-0.15, -0.1) is 11.3 Å². The monoisotopic (exact) mass is 299 g/mol. The fourth-order valence-corrected chi connectivity index (χ4v) is 5.39. The Kier molecular flexibility index (Phi) is 3.07. The van der Waals surface area contributed by atoms with Crippen LogP contribution in [-0.2, 0) is 4.79 Å². The normalized spacial score (nSPS) is 31.0. The molecule has 3 heteroatoms. The number of hydrogen-bond acceptors (Lipinski definition) is 2. The Balaban J connectivity index is 1.75. The molecule has 21 heavy (non-hydrogen) atoms. The average Bonchev–Trinajstić information content (AvgIpc) is 3.19. The van der Waals surface area contributed by atoms with Gasteiger partial charge in [-0.2, -0.15) is 0 Å². The van der Waals surface area contributed by atoms with Crippen molar-refractivity contribution in [3.8, 4) is 0 Å². The highest BCUT2D eigenvalue weighted by Crippen LogP contribution is 2.57. The summed E-state index contributed by atoms with van der Waals surface area (Å²) in [6, 6.07) is 9.02. The van der Waals surface area contributed by atoms with Crippen LogP contribution in [0.15, 0.2) is 29.6 Å². The van der Waals surface area contributed by atoms with Crippen LogP contribution in [0.4, 0.5) is 0 Å². The highest BCUT2D eigenvalue weighted by molar-refractivity contribution is 7.17. The van der Waals surface area contributed by atoms with Gasteiger partial charge in [-0.05, 0) is 71.5 Å². The molecule has 2 aliphatic rings. The minimum atomic E-state index is 0.204. The van der Waals surface area contributed by atoms with Crippen molar-refractivity contribution in [2.24, 2.45) is 17.8 Å². The standard InChI is InChI=1S/C18H21NOS/c1-19(2)18(20)17-14-4-3-12(10-14)16(17)13-5-6-15-11(9-13)7-8-21-15/h5-9,12,14,16-17H,3-4,10H2,1-2H3/t12-,14+,16-,17-/m1/s1. The van der Waals surface area contributed by atoms with E-state index in [0.29, 0.717) is 23.7 Å². The molecule has 4 rings (SSSR count). The largest absolute Gasteiger partial charge is 0.349 e. The van der Waals surface area contributed by atoms with E-state index in [0.717, 1.165) is 0 Å². The average molecular weight is 299 g/mol. The van der Waals surface area contributed by atoms with Crippen molar-refractivity contribution < 1.29 is 4.79 Å². The SMILES string of the molecule is CN(C)C(=O)[C@@H]1[C@H]2CC[C@H](C2)[C@@H]1c1ccc2sccc2c1. The molecule has 0 unspecified atom stereocenters. The summed E-state index contributed by atoms with van der Waals surface area (Å²) < 4.78 is 1.34. The fourth-order valence-electron chi connectivity index (χ4n) is 4.62. The topological polar surface area (TPSA) is 20.3 Å². The number of fused-ring (bicyclic) bond motifs is 3. The molecule has 0 radical (unpaired) electrons. The number of nitrogens with zero attached hydrogens (tertiary/aromatic N) is 1. The van der Waals surface area contributed by atoms with E-state index in [1.165, 1.54) is 34.9 Å². The Morgan fingerprint density at radius 3 is 2.81 bits per heavy atom. The maximum absolute atomic E-state index is 12.7. The smallest absolute Gasteiger partial charge is 0.226 e. The van der Waals surface area contributed by atoms with Crippen molar-refractivity contribution in [1.82, 2.24) is 4.90 Å². The second kappa shape index (κ2) is 4.84. The van der Waals surface area contributed by atoms with Crippen LogP contribution < -0.4 is 0 Å². The third-order valence-electron chi connectivity index (χ3n) is 5.50. The van der Waals surface area contributed by atoms with E-state index in [1.54, 1.807) is 16.2 Å². The van der Waals surface area contributed by atoms with E-state index in [2.05, 4.69) is 29.6 Å².